The van der Waals surface area contributed by atoms with E-state index in [0.717, 1.165) is 15.7 Å². The van der Waals surface area contributed by atoms with Crippen molar-refractivity contribution in [3.63, 3.8) is 0 Å². The number of methoxy groups -OCH3 is 2. The van der Waals surface area contributed by atoms with Crippen molar-refractivity contribution in [3.8, 4) is 35.2 Å². The number of carbonyl (C=O) groups excluding carboxylic acids is 1. The molecule has 0 unspecified atom stereocenters. The summed E-state index contributed by atoms with van der Waals surface area (Å²) in [5, 5.41) is 60.4. The van der Waals surface area contributed by atoms with Crippen LogP contribution >= 0.6 is 0 Å². The normalized spacial score (nSPS) is 17.0. The van der Waals surface area contributed by atoms with E-state index in [9.17, 15) is 54.9 Å². The Morgan fingerprint density at radius 2 is 1.03 bits per heavy atom. The van der Waals surface area contributed by atoms with E-state index in [-0.39, 0.29) is 81.6 Å². The number of carboxylic acid groups (broad SMARTS) is 1. The molecule has 4 heterocycles. The number of nitrogens with one attached hydrogen (secondary N) is 5. The second kappa shape index (κ2) is 34.4. The number of aromatic carboxylic acids is 1. The summed E-state index contributed by atoms with van der Waals surface area (Å²) in [6, 6.07) is 20.8. The number of rotatable bonds is 23. The van der Waals surface area contributed by atoms with Gasteiger partial charge in [0.15, 0.2) is 0 Å². The Hall–Kier alpha value is -8.02. The number of aromatic nitrogens is 2. The van der Waals surface area contributed by atoms with Crippen molar-refractivity contribution in [2.24, 2.45) is 5.73 Å². The maximum atomic E-state index is 14.7. The van der Waals surface area contributed by atoms with Crippen LogP contribution < -0.4 is 41.8 Å². The highest BCUT2D eigenvalue weighted by atomic mass is 19.4. The average molecular weight is 1290 g/mol. The first-order valence-electron chi connectivity index (χ1n) is 29.5. The molecule has 4 atom stereocenters. The van der Waals surface area contributed by atoms with Crippen molar-refractivity contribution in [1.29, 1.82) is 0 Å². The molecule has 4 aromatic carbocycles. The Kier molecular flexibility index (Phi) is 27.2. The molecule has 27 heteroatoms. The molecule has 0 bridgehead atoms. The molecule has 0 aliphatic carbocycles. The van der Waals surface area contributed by atoms with Gasteiger partial charge in [0.2, 0.25) is 0 Å². The van der Waals surface area contributed by atoms with Gasteiger partial charge in [-0.2, -0.15) is 26.3 Å². The van der Waals surface area contributed by atoms with Crippen LogP contribution in [0.1, 0.15) is 70.6 Å². The van der Waals surface area contributed by atoms with Crippen molar-refractivity contribution < 1.29 is 79.7 Å². The zero-order valence-electron chi connectivity index (χ0n) is 51.0. The van der Waals surface area contributed by atoms with Crippen molar-refractivity contribution in [3.05, 3.63) is 107 Å². The number of aliphatic hydroxyl groups is 4. The third kappa shape index (κ3) is 21.6. The van der Waals surface area contributed by atoms with Gasteiger partial charge < -0.3 is 86.3 Å². The fraction of sp³-hybridized carbons (Fsp3) is 0.469. The molecule has 0 radical (unpaired) electrons. The highest BCUT2D eigenvalue weighted by Gasteiger charge is 2.33. The Balaban J connectivity index is 0.000000261. The van der Waals surface area contributed by atoms with Crippen LogP contribution in [0.4, 0.5) is 57.9 Å². The van der Waals surface area contributed by atoms with E-state index in [0.29, 0.717) is 107 Å². The van der Waals surface area contributed by atoms with Gasteiger partial charge in [0.25, 0.3) is 5.91 Å². The SMILES string of the molecule is COc1cc(C(=O)NC(CCO)CCO)ccc1NCC#Cc1cc2c(N[C@@H]3CCN(C)C[C@@H]3F)cccc2n1CC(F)(F)F.COc1cc(C(=O)O)ccc1NCC#Cc1cc2c(N[C@@H]3CCN(C)C[C@@H]3F)cccc2n1CC(F)(F)F.NC(CCO)CCO. The standard InChI is InChI=1S/C32H39F4N5O4.C27H28F4N4O3.C5H13NO2/c1-40-14-10-27(25(33)19-40)39-26-6-3-7-29-24(26)18-23(41(29)20-32(34,35)36)5-4-13-37-28-9-8-21(17-30(28)45-2)31(44)38-22(11-15-42)12-16-43;1-34-12-10-22(20(28)15-34)33-21-6-3-7-24-19(21)14-18(35(24)16-27(29,30)31)5-4-11-32-23-9-8-17(26(36)37)13-25(23)38-2;6-5(1-3-7)2-4-8/h3,6-9,17-18,22,25,27,37,39,42-43H,10-16,19-20H2,1-2H3,(H,38,44);3,6-9,13-14,20,22,32-33H,10-12,15-16H2,1-2H3,(H,36,37);5,7-8H,1-4,6H2/t25-,27+;20-,22+;/m00./s1. The predicted molar refractivity (Wildman–Crippen MR) is 335 cm³/mol. The summed E-state index contributed by atoms with van der Waals surface area (Å²) in [7, 11) is 6.53. The van der Waals surface area contributed by atoms with Gasteiger partial charge in [0.05, 0.1) is 78.8 Å². The first kappa shape index (κ1) is 72.0. The lowest BCUT2D eigenvalue weighted by Gasteiger charge is -2.33. The van der Waals surface area contributed by atoms with Crippen LogP contribution in [0, 0.1) is 23.7 Å². The smallest absolute Gasteiger partial charge is 0.406 e. The number of nitrogens with two attached hydrogens (primary N) is 1. The van der Waals surface area contributed by atoms with Crippen molar-refractivity contribution >= 4 is 56.4 Å². The van der Waals surface area contributed by atoms with Crippen molar-refractivity contribution in [2.45, 2.75) is 100 Å². The van der Waals surface area contributed by atoms with E-state index >= 15 is 0 Å². The van der Waals surface area contributed by atoms with E-state index in [1.165, 1.54) is 38.5 Å². The number of nitrogens with zero attached hydrogens (tertiary/aromatic N) is 4. The Labute approximate surface area is 522 Å². The molecule has 2 saturated heterocycles. The van der Waals surface area contributed by atoms with Crippen LogP contribution in [0.2, 0.25) is 0 Å². The minimum atomic E-state index is -4.49. The Morgan fingerprint density at radius 3 is 1.42 bits per heavy atom. The topological polar surface area (TPSA) is 256 Å². The number of fused-ring (bicyclic) bond motifs is 2. The fourth-order valence-electron chi connectivity index (χ4n) is 10.4. The summed E-state index contributed by atoms with van der Waals surface area (Å²) in [5.41, 5.74) is 8.89. The van der Waals surface area contributed by atoms with Crippen LogP contribution in [0.5, 0.6) is 11.5 Å². The molecular weight excluding hydrogens is 1200 g/mol. The molecule has 8 rings (SSSR count). The number of piperidine rings is 2. The van der Waals surface area contributed by atoms with Gasteiger partial charge >= 0.3 is 18.3 Å². The van der Waals surface area contributed by atoms with Gasteiger partial charge in [0, 0.05) is 92.4 Å². The number of hydrogen-bond donors (Lipinski definition) is 11. The number of alkyl halides is 8. The molecular formula is C64H80F8N10O9. The van der Waals surface area contributed by atoms with Gasteiger partial charge in [-0.1, -0.05) is 24.0 Å². The number of carboxylic acids is 1. The van der Waals surface area contributed by atoms with Gasteiger partial charge in [-0.05, 0) is 137 Å². The molecule has 19 nitrogen and oxygen atoms in total. The van der Waals surface area contributed by atoms with Gasteiger partial charge in [-0.25, -0.2) is 13.6 Å². The largest absolute Gasteiger partial charge is 0.495 e. The summed E-state index contributed by atoms with van der Waals surface area (Å²) >= 11 is 0. The number of amides is 1. The number of carbonyl (C=O) groups is 2. The Bertz CT molecular complexity index is 3460. The first-order chi connectivity index (χ1) is 43.4. The van der Waals surface area contributed by atoms with Gasteiger partial charge in [-0.15, -0.1) is 0 Å². The van der Waals surface area contributed by atoms with Crippen LogP contribution in [0.3, 0.4) is 0 Å². The lowest BCUT2D eigenvalue weighted by Crippen LogP contribution is -2.46. The van der Waals surface area contributed by atoms with Crippen LogP contribution in [0.15, 0.2) is 84.9 Å². The second-order valence-corrected chi connectivity index (χ2v) is 22.0. The number of ether oxygens (including phenoxy) is 2. The minimum absolute atomic E-state index is 0.0370. The third-order valence-electron chi connectivity index (χ3n) is 15.1. The molecule has 12 N–H and O–H groups in total. The average Bonchev–Trinajstić information content (AvgIpc) is 1.70. The predicted octanol–water partition coefficient (Wildman–Crippen LogP) is 7.90. The summed E-state index contributed by atoms with van der Waals surface area (Å²) in [6.45, 7) is -0.360. The summed E-state index contributed by atoms with van der Waals surface area (Å²) in [6.07, 6.45) is -8.26. The zero-order valence-corrected chi connectivity index (χ0v) is 51.0. The molecule has 2 aliphatic heterocycles. The molecule has 2 fully saturated rings. The van der Waals surface area contributed by atoms with E-state index in [4.69, 9.17) is 30.5 Å². The first-order valence-corrected chi connectivity index (χ1v) is 29.5. The highest BCUT2D eigenvalue weighted by molar-refractivity contribution is 5.96. The summed E-state index contributed by atoms with van der Waals surface area (Å²) in [5.74, 6) is 10.5. The lowest BCUT2D eigenvalue weighted by molar-refractivity contribution is -0.140. The Morgan fingerprint density at radius 1 is 0.615 bits per heavy atom. The number of anilines is 4. The minimum Gasteiger partial charge on any atom is -0.495 e. The molecule has 6 aromatic rings. The van der Waals surface area contributed by atoms with Crippen LogP contribution in [-0.2, 0) is 13.1 Å². The number of aliphatic hydroxyl groups excluding tert-OH is 4. The quantitative estimate of drug-likeness (QED) is 0.0215. The lowest BCUT2D eigenvalue weighted by atomic mass is 10.0. The van der Waals surface area contributed by atoms with E-state index in [2.05, 4.69) is 50.3 Å². The number of halogens is 8. The van der Waals surface area contributed by atoms with E-state index in [1.54, 1.807) is 60.7 Å². The van der Waals surface area contributed by atoms with Crippen molar-refractivity contribution in [1.82, 2.24) is 24.3 Å². The maximum absolute atomic E-state index is 14.7. The fourth-order valence-corrected chi connectivity index (χ4v) is 10.4. The summed E-state index contributed by atoms with van der Waals surface area (Å²) in [4.78, 5) is 27.7. The maximum Gasteiger partial charge on any atom is 0.406 e. The molecule has 91 heavy (non-hydrogen) atoms. The second-order valence-electron chi connectivity index (χ2n) is 22.0. The third-order valence-corrected chi connectivity index (χ3v) is 15.1. The van der Waals surface area contributed by atoms with Gasteiger partial charge in [-0.3, -0.25) is 4.79 Å². The molecule has 0 spiro atoms. The van der Waals surface area contributed by atoms with Crippen molar-refractivity contribution in [2.75, 3.05) is 115 Å². The molecule has 2 aliphatic rings. The molecule has 496 valence electrons. The van der Waals surface area contributed by atoms with Crippen LogP contribution in [-0.4, -0.2) is 199 Å². The number of likely N-dealkylation sites (tertiary alicyclic amines) is 2. The summed E-state index contributed by atoms with van der Waals surface area (Å²) < 4.78 is 123. The zero-order chi connectivity index (χ0) is 66.4. The monoisotopic (exact) mass is 1280 g/mol. The highest BCUT2D eigenvalue weighted by Crippen LogP contribution is 2.34. The molecule has 0 saturated carbocycles. The number of hydrogen-bond acceptors (Lipinski definition) is 15. The molecule has 1 amide bonds. The molecule has 2 aromatic heterocycles. The van der Waals surface area contributed by atoms with E-state index < -0.39 is 61.7 Å². The van der Waals surface area contributed by atoms with E-state index in [1.807, 2.05) is 23.9 Å². The van der Waals surface area contributed by atoms with Gasteiger partial charge in [0.1, 0.15) is 36.9 Å². The van der Waals surface area contributed by atoms with Crippen LogP contribution in [0.25, 0.3) is 21.8 Å². The number of benzene rings is 4.